The Labute approximate surface area is 86.3 Å². The van der Waals surface area contributed by atoms with Crippen LogP contribution in [0.2, 0.25) is 0 Å². The zero-order chi connectivity index (χ0) is 10.2. The van der Waals surface area contributed by atoms with Crippen LogP contribution in [0.4, 0.5) is 0 Å². The van der Waals surface area contributed by atoms with Crippen molar-refractivity contribution in [3.63, 3.8) is 0 Å². The van der Waals surface area contributed by atoms with Crippen LogP contribution in [0.25, 0.3) is 0 Å². The summed E-state index contributed by atoms with van der Waals surface area (Å²) in [6, 6.07) is 8.21. The van der Waals surface area contributed by atoms with Crippen LogP contribution in [0.15, 0.2) is 24.3 Å². The minimum atomic E-state index is 1.00. The molecular formula is C12H19NO. The summed E-state index contributed by atoms with van der Waals surface area (Å²) in [5, 5.41) is 3.32. The van der Waals surface area contributed by atoms with E-state index in [1.54, 1.807) is 7.11 Å². The van der Waals surface area contributed by atoms with E-state index >= 15 is 0 Å². The summed E-state index contributed by atoms with van der Waals surface area (Å²) < 4.78 is 5.28. The lowest BCUT2D eigenvalue weighted by atomic mass is 10.1. The molecular weight excluding hydrogens is 174 g/mol. The zero-order valence-electron chi connectivity index (χ0n) is 9.05. The van der Waals surface area contributed by atoms with Crippen molar-refractivity contribution in [2.75, 3.05) is 20.2 Å². The quantitative estimate of drug-likeness (QED) is 0.700. The second-order valence-corrected chi connectivity index (χ2v) is 3.27. The lowest BCUT2D eigenvalue weighted by molar-refractivity contribution is 0.409. The fraction of sp³-hybridized carbons (Fsp3) is 0.500. The van der Waals surface area contributed by atoms with E-state index in [1.165, 1.54) is 5.56 Å². The number of methoxy groups -OCH3 is 1. The highest BCUT2D eigenvalue weighted by Gasteiger charge is 1.99. The maximum absolute atomic E-state index is 5.28. The molecule has 1 aromatic carbocycles. The highest BCUT2D eigenvalue weighted by Crippen LogP contribution is 2.18. The Morgan fingerprint density at radius 1 is 1.29 bits per heavy atom. The predicted molar refractivity (Wildman–Crippen MR) is 59.9 cm³/mol. The first-order valence-corrected chi connectivity index (χ1v) is 5.21. The van der Waals surface area contributed by atoms with Crippen molar-refractivity contribution in [2.24, 2.45) is 0 Å². The van der Waals surface area contributed by atoms with E-state index in [1.807, 2.05) is 12.1 Å². The molecule has 2 nitrogen and oxygen atoms in total. The van der Waals surface area contributed by atoms with Crippen molar-refractivity contribution >= 4 is 0 Å². The molecule has 0 heterocycles. The first kappa shape index (κ1) is 11.1. The Morgan fingerprint density at radius 2 is 2.07 bits per heavy atom. The highest BCUT2D eigenvalue weighted by atomic mass is 16.5. The van der Waals surface area contributed by atoms with Crippen LogP contribution in [0, 0.1) is 0 Å². The summed E-state index contributed by atoms with van der Waals surface area (Å²) in [6.45, 7) is 4.25. The molecule has 0 saturated carbocycles. The Morgan fingerprint density at radius 3 is 2.79 bits per heavy atom. The molecule has 0 spiro atoms. The lowest BCUT2D eigenvalue weighted by Crippen LogP contribution is -2.14. The summed E-state index contributed by atoms with van der Waals surface area (Å²) in [5.74, 6) is 1.00. The number of para-hydroxylation sites is 1. The number of aryl methyl sites for hydroxylation is 1. The smallest absolute Gasteiger partial charge is 0.122 e. The third kappa shape index (κ3) is 3.38. The zero-order valence-corrected chi connectivity index (χ0v) is 9.05. The van der Waals surface area contributed by atoms with Gasteiger partial charge in [0.15, 0.2) is 0 Å². The fourth-order valence-electron chi connectivity index (χ4n) is 1.49. The van der Waals surface area contributed by atoms with Gasteiger partial charge in [0.1, 0.15) is 5.75 Å². The molecule has 1 rings (SSSR count). The van der Waals surface area contributed by atoms with Crippen LogP contribution >= 0.6 is 0 Å². The van der Waals surface area contributed by atoms with E-state index in [0.717, 1.165) is 31.7 Å². The topological polar surface area (TPSA) is 21.3 Å². The van der Waals surface area contributed by atoms with Gasteiger partial charge >= 0.3 is 0 Å². The van der Waals surface area contributed by atoms with E-state index in [-0.39, 0.29) is 0 Å². The van der Waals surface area contributed by atoms with Crippen molar-refractivity contribution in [1.29, 1.82) is 0 Å². The van der Waals surface area contributed by atoms with Crippen LogP contribution < -0.4 is 10.1 Å². The minimum absolute atomic E-state index is 1.00. The number of hydrogen-bond donors (Lipinski definition) is 1. The maximum Gasteiger partial charge on any atom is 0.122 e. The van der Waals surface area contributed by atoms with Gasteiger partial charge in [0, 0.05) is 0 Å². The Balaban J connectivity index is 2.41. The lowest BCUT2D eigenvalue weighted by Gasteiger charge is -2.07. The number of nitrogens with one attached hydrogen (secondary N) is 1. The van der Waals surface area contributed by atoms with Gasteiger partial charge in [-0.1, -0.05) is 25.1 Å². The maximum atomic E-state index is 5.28. The minimum Gasteiger partial charge on any atom is -0.496 e. The molecule has 0 atom stereocenters. The van der Waals surface area contributed by atoms with E-state index < -0.39 is 0 Å². The molecule has 0 aromatic heterocycles. The monoisotopic (exact) mass is 193 g/mol. The molecule has 0 aliphatic rings. The number of rotatable bonds is 6. The van der Waals surface area contributed by atoms with E-state index in [9.17, 15) is 0 Å². The molecule has 0 amide bonds. The van der Waals surface area contributed by atoms with Gasteiger partial charge in [0.25, 0.3) is 0 Å². The second kappa shape index (κ2) is 6.44. The van der Waals surface area contributed by atoms with Crippen LogP contribution in [0.5, 0.6) is 5.75 Å². The van der Waals surface area contributed by atoms with Crippen molar-refractivity contribution in [3.8, 4) is 5.75 Å². The van der Waals surface area contributed by atoms with Crippen molar-refractivity contribution in [3.05, 3.63) is 29.8 Å². The fourth-order valence-corrected chi connectivity index (χ4v) is 1.49. The molecule has 1 N–H and O–H groups in total. The van der Waals surface area contributed by atoms with Crippen molar-refractivity contribution < 1.29 is 4.74 Å². The van der Waals surface area contributed by atoms with Crippen LogP contribution in [0.1, 0.15) is 18.9 Å². The molecule has 0 aliphatic heterocycles. The first-order chi connectivity index (χ1) is 6.88. The molecule has 0 saturated heterocycles. The summed E-state index contributed by atoms with van der Waals surface area (Å²) in [7, 11) is 1.73. The van der Waals surface area contributed by atoms with Gasteiger partial charge in [-0.05, 0) is 37.6 Å². The average molecular weight is 193 g/mol. The molecule has 0 aliphatic carbocycles. The van der Waals surface area contributed by atoms with E-state index in [0.29, 0.717) is 0 Å². The second-order valence-electron chi connectivity index (χ2n) is 3.27. The van der Waals surface area contributed by atoms with E-state index in [4.69, 9.17) is 4.74 Å². The van der Waals surface area contributed by atoms with Gasteiger partial charge in [-0.15, -0.1) is 0 Å². The molecule has 1 aromatic rings. The normalized spacial score (nSPS) is 10.1. The SMILES string of the molecule is CCNCCCc1ccccc1OC. The Hall–Kier alpha value is -1.02. The third-order valence-corrected chi connectivity index (χ3v) is 2.24. The van der Waals surface area contributed by atoms with Gasteiger partial charge in [-0.2, -0.15) is 0 Å². The third-order valence-electron chi connectivity index (χ3n) is 2.24. The van der Waals surface area contributed by atoms with Crippen LogP contribution in [0.3, 0.4) is 0 Å². The summed E-state index contributed by atoms with van der Waals surface area (Å²) >= 11 is 0. The first-order valence-electron chi connectivity index (χ1n) is 5.21. The van der Waals surface area contributed by atoms with Crippen molar-refractivity contribution in [2.45, 2.75) is 19.8 Å². The summed E-state index contributed by atoms with van der Waals surface area (Å²) in [5.41, 5.74) is 1.30. The van der Waals surface area contributed by atoms with Gasteiger partial charge in [-0.25, -0.2) is 0 Å². The van der Waals surface area contributed by atoms with Crippen molar-refractivity contribution in [1.82, 2.24) is 5.32 Å². The van der Waals surface area contributed by atoms with Gasteiger partial charge in [-0.3, -0.25) is 0 Å². The standard InChI is InChI=1S/C12H19NO/c1-3-13-10-6-8-11-7-4-5-9-12(11)14-2/h4-5,7,9,13H,3,6,8,10H2,1-2H3. The van der Waals surface area contributed by atoms with Crippen LogP contribution in [-0.4, -0.2) is 20.2 Å². The molecule has 0 bridgehead atoms. The highest BCUT2D eigenvalue weighted by molar-refractivity contribution is 5.33. The Bertz CT molecular complexity index is 260. The summed E-state index contributed by atoms with van der Waals surface area (Å²) in [6.07, 6.45) is 2.24. The number of hydrogen-bond acceptors (Lipinski definition) is 2. The molecule has 78 valence electrons. The van der Waals surface area contributed by atoms with Gasteiger partial charge in [0.2, 0.25) is 0 Å². The average Bonchev–Trinajstić information content (AvgIpc) is 2.25. The predicted octanol–water partition coefficient (Wildman–Crippen LogP) is 2.24. The molecule has 0 unspecified atom stereocenters. The number of ether oxygens (including phenoxy) is 1. The molecule has 0 radical (unpaired) electrons. The molecule has 0 fully saturated rings. The molecule has 2 heteroatoms. The van der Waals surface area contributed by atoms with Gasteiger partial charge in [0.05, 0.1) is 7.11 Å². The molecule has 14 heavy (non-hydrogen) atoms. The van der Waals surface area contributed by atoms with E-state index in [2.05, 4.69) is 24.4 Å². The van der Waals surface area contributed by atoms with Crippen LogP contribution in [-0.2, 0) is 6.42 Å². The summed E-state index contributed by atoms with van der Waals surface area (Å²) in [4.78, 5) is 0. The number of benzene rings is 1. The van der Waals surface area contributed by atoms with Gasteiger partial charge < -0.3 is 10.1 Å². The Kier molecular flexibility index (Phi) is 5.08. The largest absolute Gasteiger partial charge is 0.496 e.